The molecule has 0 atom stereocenters. The predicted molar refractivity (Wildman–Crippen MR) is 65.6 cm³/mol. The summed E-state index contributed by atoms with van der Waals surface area (Å²) in [6.07, 6.45) is 1.77. The SMILES string of the molecule is CC(=O)C(C)(C)CCCOc1ccccc1. The number of hydrogen-bond acceptors (Lipinski definition) is 2. The van der Waals surface area contributed by atoms with Gasteiger partial charge >= 0.3 is 0 Å². The van der Waals surface area contributed by atoms with Crippen LogP contribution in [0.3, 0.4) is 0 Å². The van der Waals surface area contributed by atoms with Crippen LogP contribution in [-0.2, 0) is 4.79 Å². The van der Waals surface area contributed by atoms with E-state index in [0.29, 0.717) is 6.61 Å². The molecule has 2 nitrogen and oxygen atoms in total. The van der Waals surface area contributed by atoms with Crippen LogP contribution in [0.15, 0.2) is 30.3 Å². The lowest BCUT2D eigenvalue weighted by Gasteiger charge is -2.20. The molecule has 0 aliphatic carbocycles. The van der Waals surface area contributed by atoms with Gasteiger partial charge in [0.05, 0.1) is 6.61 Å². The molecule has 0 saturated carbocycles. The van der Waals surface area contributed by atoms with Crippen LogP contribution in [-0.4, -0.2) is 12.4 Å². The number of rotatable bonds is 6. The van der Waals surface area contributed by atoms with E-state index in [1.807, 2.05) is 44.2 Å². The highest BCUT2D eigenvalue weighted by atomic mass is 16.5. The lowest BCUT2D eigenvalue weighted by Crippen LogP contribution is -2.21. The molecule has 0 amide bonds. The fraction of sp³-hybridized carbons (Fsp3) is 0.500. The normalized spacial score (nSPS) is 11.2. The Morgan fingerprint density at radius 1 is 1.25 bits per heavy atom. The molecular formula is C14H20O2. The van der Waals surface area contributed by atoms with Crippen molar-refractivity contribution < 1.29 is 9.53 Å². The van der Waals surface area contributed by atoms with Gasteiger partial charge in [-0.25, -0.2) is 0 Å². The molecule has 1 aromatic carbocycles. The Labute approximate surface area is 97.6 Å². The molecule has 1 aromatic rings. The molecule has 0 radical (unpaired) electrons. The average Bonchev–Trinajstić information content (AvgIpc) is 2.26. The largest absolute Gasteiger partial charge is 0.494 e. The first-order chi connectivity index (χ1) is 7.52. The van der Waals surface area contributed by atoms with Crippen LogP contribution < -0.4 is 4.74 Å². The number of para-hydroxylation sites is 1. The highest BCUT2D eigenvalue weighted by Crippen LogP contribution is 2.23. The van der Waals surface area contributed by atoms with E-state index in [1.54, 1.807) is 6.92 Å². The van der Waals surface area contributed by atoms with E-state index in [2.05, 4.69) is 0 Å². The molecule has 0 aromatic heterocycles. The van der Waals surface area contributed by atoms with Crippen molar-refractivity contribution in [3.8, 4) is 5.75 Å². The number of hydrogen-bond donors (Lipinski definition) is 0. The lowest BCUT2D eigenvalue weighted by atomic mass is 9.84. The Balaban J connectivity index is 2.25. The Morgan fingerprint density at radius 3 is 2.44 bits per heavy atom. The first kappa shape index (κ1) is 12.8. The number of ketones is 1. The van der Waals surface area contributed by atoms with Crippen molar-refractivity contribution in [1.29, 1.82) is 0 Å². The minimum absolute atomic E-state index is 0.222. The van der Waals surface area contributed by atoms with Gasteiger partial charge in [0.25, 0.3) is 0 Å². The Kier molecular flexibility index (Phi) is 4.53. The van der Waals surface area contributed by atoms with E-state index in [-0.39, 0.29) is 11.2 Å². The quantitative estimate of drug-likeness (QED) is 0.686. The van der Waals surface area contributed by atoms with Crippen molar-refractivity contribution in [1.82, 2.24) is 0 Å². The van der Waals surface area contributed by atoms with Gasteiger partial charge in [0, 0.05) is 5.41 Å². The van der Waals surface area contributed by atoms with Gasteiger partial charge in [0.2, 0.25) is 0 Å². The minimum atomic E-state index is -0.222. The Morgan fingerprint density at radius 2 is 1.88 bits per heavy atom. The molecule has 0 bridgehead atoms. The highest BCUT2D eigenvalue weighted by Gasteiger charge is 2.22. The van der Waals surface area contributed by atoms with Gasteiger partial charge in [-0.15, -0.1) is 0 Å². The Bertz CT molecular complexity index is 328. The zero-order valence-corrected chi connectivity index (χ0v) is 10.3. The smallest absolute Gasteiger partial charge is 0.135 e. The van der Waals surface area contributed by atoms with Crippen LogP contribution >= 0.6 is 0 Å². The second kappa shape index (κ2) is 5.69. The van der Waals surface area contributed by atoms with Crippen LogP contribution in [0.1, 0.15) is 33.6 Å². The van der Waals surface area contributed by atoms with Crippen LogP contribution in [0.25, 0.3) is 0 Å². The molecule has 0 saturated heterocycles. The van der Waals surface area contributed by atoms with Gasteiger partial charge in [-0.05, 0) is 31.9 Å². The molecule has 0 spiro atoms. The maximum Gasteiger partial charge on any atom is 0.135 e. The van der Waals surface area contributed by atoms with Crippen LogP contribution in [0.2, 0.25) is 0 Å². The molecule has 1 rings (SSSR count). The first-order valence-corrected chi connectivity index (χ1v) is 5.71. The summed E-state index contributed by atoms with van der Waals surface area (Å²) >= 11 is 0. The van der Waals surface area contributed by atoms with Crippen molar-refractivity contribution in [2.24, 2.45) is 5.41 Å². The van der Waals surface area contributed by atoms with E-state index >= 15 is 0 Å². The summed E-state index contributed by atoms with van der Waals surface area (Å²) in [5, 5.41) is 0. The number of ether oxygens (including phenoxy) is 1. The maximum atomic E-state index is 11.3. The third kappa shape index (κ3) is 4.05. The topological polar surface area (TPSA) is 26.3 Å². The van der Waals surface area contributed by atoms with Crippen molar-refractivity contribution in [2.75, 3.05) is 6.61 Å². The lowest BCUT2D eigenvalue weighted by molar-refractivity contribution is -0.125. The van der Waals surface area contributed by atoms with E-state index in [1.165, 1.54) is 0 Å². The minimum Gasteiger partial charge on any atom is -0.494 e. The van der Waals surface area contributed by atoms with E-state index in [0.717, 1.165) is 18.6 Å². The van der Waals surface area contributed by atoms with Gasteiger partial charge in [-0.1, -0.05) is 32.0 Å². The van der Waals surface area contributed by atoms with Crippen molar-refractivity contribution >= 4 is 5.78 Å². The molecular weight excluding hydrogens is 200 g/mol. The maximum absolute atomic E-state index is 11.3. The summed E-state index contributed by atoms with van der Waals surface area (Å²) in [4.78, 5) is 11.3. The summed E-state index contributed by atoms with van der Waals surface area (Å²) in [7, 11) is 0. The van der Waals surface area contributed by atoms with Gasteiger partial charge in [0.15, 0.2) is 0 Å². The predicted octanol–water partition coefficient (Wildman–Crippen LogP) is 3.46. The molecule has 88 valence electrons. The monoisotopic (exact) mass is 220 g/mol. The van der Waals surface area contributed by atoms with E-state index in [4.69, 9.17) is 4.74 Å². The Hall–Kier alpha value is -1.31. The number of carbonyl (C=O) groups excluding carboxylic acids is 1. The zero-order chi connectivity index (χ0) is 12.0. The second-order valence-electron chi connectivity index (χ2n) is 4.71. The van der Waals surface area contributed by atoms with E-state index in [9.17, 15) is 4.79 Å². The van der Waals surface area contributed by atoms with Crippen LogP contribution in [0, 0.1) is 5.41 Å². The molecule has 0 fully saturated rings. The molecule has 0 N–H and O–H groups in total. The van der Waals surface area contributed by atoms with Crippen molar-refractivity contribution in [2.45, 2.75) is 33.6 Å². The fourth-order valence-electron chi connectivity index (χ4n) is 1.40. The fourth-order valence-corrected chi connectivity index (χ4v) is 1.40. The molecule has 0 unspecified atom stereocenters. The molecule has 0 aliphatic heterocycles. The number of benzene rings is 1. The summed E-state index contributed by atoms with van der Waals surface area (Å²) in [5.74, 6) is 1.13. The number of carbonyl (C=O) groups is 1. The van der Waals surface area contributed by atoms with Crippen LogP contribution in [0.5, 0.6) is 5.75 Å². The van der Waals surface area contributed by atoms with Crippen molar-refractivity contribution in [3.63, 3.8) is 0 Å². The highest BCUT2D eigenvalue weighted by molar-refractivity contribution is 5.81. The molecule has 2 heteroatoms. The van der Waals surface area contributed by atoms with E-state index < -0.39 is 0 Å². The summed E-state index contributed by atoms with van der Waals surface area (Å²) < 4.78 is 5.57. The molecule has 16 heavy (non-hydrogen) atoms. The van der Waals surface area contributed by atoms with Gasteiger partial charge in [0.1, 0.15) is 11.5 Å². The van der Waals surface area contributed by atoms with Gasteiger partial charge < -0.3 is 4.74 Å². The molecule has 0 aliphatic rings. The standard InChI is InChI=1S/C14H20O2/c1-12(15)14(2,3)10-7-11-16-13-8-5-4-6-9-13/h4-6,8-9H,7,10-11H2,1-3H3. The third-order valence-corrected chi connectivity index (χ3v) is 2.91. The third-order valence-electron chi connectivity index (χ3n) is 2.91. The van der Waals surface area contributed by atoms with Crippen LogP contribution in [0.4, 0.5) is 0 Å². The summed E-state index contributed by atoms with van der Waals surface area (Å²) in [6.45, 7) is 6.29. The summed E-state index contributed by atoms with van der Waals surface area (Å²) in [5.41, 5.74) is -0.222. The van der Waals surface area contributed by atoms with Crippen molar-refractivity contribution in [3.05, 3.63) is 30.3 Å². The average molecular weight is 220 g/mol. The second-order valence-corrected chi connectivity index (χ2v) is 4.71. The zero-order valence-electron chi connectivity index (χ0n) is 10.3. The number of Topliss-reactive ketones (excluding diaryl/α,β-unsaturated/α-hetero) is 1. The molecule has 0 heterocycles. The summed E-state index contributed by atoms with van der Waals surface area (Å²) in [6, 6.07) is 9.75. The van der Waals surface area contributed by atoms with Gasteiger partial charge in [-0.2, -0.15) is 0 Å². The first-order valence-electron chi connectivity index (χ1n) is 5.71. The van der Waals surface area contributed by atoms with Gasteiger partial charge in [-0.3, -0.25) is 4.79 Å².